The van der Waals surface area contributed by atoms with Crippen LogP contribution in [0.1, 0.15) is 12.0 Å². The van der Waals surface area contributed by atoms with Gasteiger partial charge in [0.15, 0.2) is 12.4 Å². The Morgan fingerprint density at radius 2 is 1.95 bits per heavy atom. The summed E-state index contributed by atoms with van der Waals surface area (Å²) in [5.74, 6) is 0. The van der Waals surface area contributed by atoms with Crippen LogP contribution in [0.2, 0.25) is 0 Å². The molecular formula is C15H18N3O+. The molecule has 0 fully saturated rings. The third kappa shape index (κ3) is 4.17. The van der Waals surface area contributed by atoms with Crippen LogP contribution in [0.4, 0.5) is 0 Å². The molecule has 1 aromatic heterocycles. The number of nitrogens with zero attached hydrogens (tertiary/aromatic N) is 3. The molecular weight excluding hydrogens is 238 g/mol. The lowest BCUT2D eigenvalue weighted by molar-refractivity contribution is -0.697. The van der Waals surface area contributed by atoms with Gasteiger partial charge < -0.3 is 4.90 Å². The summed E-state index contributed by atoms with van der Waals surface area (Å²) in [5, 5.41) is 2.76. The van der Waals surface area contributed by atoms with Gasteiger partial charge in [0.1, 0.15) is 6.54 Å². The highest BCUT2D eigenvalue weighted by molar-refractivity contribution is 5.33. The maximum absolute atomic E-state index is 10.1. The molecule has 1 aromatic rings. The molecule has 19 heavy (non-hydrogen) atoms. The van der Waals surface area contributed by atoms with Crippen molar-refractivity contribution in [2.75, 3.05) is 6.54 Å². The largest absolute Gasteiger partial charge is 0.354 e. The van der Waals surface area contributed by atoms with Crippen molar-refractivity contribution >= 4 is 0 Å². The van der Waals surface area contributed by atoms with E-state index in [-0.39, 0.29) is 0 Å². The first-order chi connectivity index (χ1) is 9.28. The van der Waals surface area contributed by atoms with E-state index in [0.29, 0.717) is 0 Å². The Balaban J connectivity index is 1.77. The number of aromatic nitrogens is 1. The molecule has 2 heterocycles. The zero-order valence-electron chi connectivity index (χ0n) is 11.1. The fraction of sp³-hybridized carbons (Fsp3) is 0.267. The smallest absolute Gasteiger partial charge is 0.169 e. The zero-order valence-corrected chi connectivity index (χ0v) is 11.1. The van der Waals surface area contributed by atoms with E-state index in [2.05, 4.69) is 46.1 Å². The zero-order chi connectivity index (χ0) is 13.5. The van der Waals surface area contributed by atoms with Gasteiger partial charge in [0, 0.05) is 37.5 Å². The predicted molar refractivity (Wildman–Crippen MR) is 74.9 cm³/mol. The summed E-state index contributed by atoms with van der Waals surface area (Å²) >= 11 is 0. The van der Waals surface area contributed by atoms with E-state index < -0.39 is 0 Å². The molecule has 1 aliphatic rings. The van der Waals surface area contributed by atoms with Crippen LogP contribution in [0.15, 0.2) is 66.0 Å². The lowest BCUT2D eigenvalue weighted by atomic mass is 10.2. The van der Waals surface area contributed by atoms with Crippen molar-refractivity contribution in [2.24, 2.45) is 5.18 Å². The summed E-state index contributed by atoms with van der Waals surface area (Å²) in [4.78, 5) is 12.2. The van der Waals surface area contributed by atoms with Crippen LogP contribution in [0.25, 0.3) is 0 Å². The standard InChI is InChI=1S/C15H18N3O/c1-14-3-9-17(10-4-14)7-2-8-18-11-5-15(6-12-18)13-16-19/h3-6,9-13H,2,7-8H2,1H3/q+1. The molecule has 0 atom stereocenters. The van der Waals surface area contributed by atoms with Gasteiger partial charge >= 0.3 is 0 Å². The number of rotatable bonds is 5. The summed E-state index contributed by atoms with van der Waals surface area (Å²) < 4.78 is 2.19. The lowest BCUT2D eigenvalue weighted by Gasteiger charge is -2.17. The number of nitroso groups, excluding NO2 is 1. The van der Waals surface area contributed by atoms with Gasteiger partial charge in [0.05, 0.1) is 6.20 Å². The van der Waals surface area contributed by atoms with Gasteiger partial charge in [0.25, 0.3) is 0 Å². The maximum atomic E-state index is 10.1. The molecule has 0 radical (unpaired) electrons. The molecule has 4 heteroatoms. The molecule has 0 saturated heterocycles. The van der Waals surface area contributed by atoms with Crippen LogP contribution < -0.4 is 4.57 Å². The first kappa shape index (κ1) is 13.2. The highest BCUT2D eigenvalue weighted by atomic mass is 16.2. The Morgan fingerprint density at radius 1 is 1.26 bits per heavy atom. The summed E-state index contributed by atoms with van der Waals surface area (Å²) in [6, 6.07) is 4.23. The molecule has 0 amide bonds. The Morgan fingerprint density at radius 3 is 2.58 bits per heavy atom. The van der Waals surface area contributed by atoms with Crippen molar-refractivity contribution < 1.29 is 4.57 Å². The number of hydrogen-bond donors (Lipinski definition) is 0. The topological polar surface area (TPSA) is 36.5 Å². The van der Waals surface area contributed by atoms with Gasteiger partial charge in [-0.25, -0.2) is 4.57 Å². The minimum Gasteiger partial charge on any atom is -0.354 e. The monoisotopic (exact) mass is 256 g/mol. The fourth-order valence-corrected chi connectivity index (χ4v) is 1.88. The van der Waals surface area contributed by atoms with Gasteiger partial charge in [0.2, 0.25) is 0 Å². The fourth-order valence-electron chi connectivity index (χ4n) is 1.88. The molecule has 4 nitrogen and oxygen atoms in total. The Hall–Kier alpha value is -2.23. The minimum atomic E-state index is 0.833. The molecule has 0 N–H and O–H groups in total. The van der Waals surface area contributed by atoms with E-state index in [9.17, 15) is 4.91 Å². The molecule has 0 saturated carbocycles. The number of hydrogen-bond acceptors (Lipinski definition) is 3. The second-order valence-electron chi connectivity index (χ2n) is 4.57. The van der Waals surface area contributed by atoms with Gasteiger partial charge in [-0.2, -0.15) is 0 Å². The summed E-state index contributed by atoms with van der Waals surface area (Å²) in [7, 11) is 0. The van der Waals surface area contributed by atoms with E-state index in [4.69, 9.17) is 0 Å². The molecule has 1 aliphatic heterocycles. The molecule has 0 unspecified atom stereocenters. The van der Waals surface area contributed by atoms with Crippen molar-refractivity contribution in [2.45, 2.75) is 19.9 Å². The van der Waals surface area contributed by atoms with Crippen molar-refractivity contribution in [3.63, 3.8) is 0 Å². The van der Waals surface area contributed by atoms with Gasteiger partial charge in [-0.1, -0.05) is 0 Å². The predicted octanol–water partition coefficient (Wildman–Crippen LogP) is 2.67. The SMILES string of the molecule is Cc1cc[n+](CCCN2C=CC(=CN=O)C=C2)cc1. The maximum Gasteiger partial charge on any atom is 0.169 e. The quantitative estimate of drug-likeness (QED) is 0.600. The van der Waals surface area contributed by atoms with Gasteiger partial charge in [-0.15, -0.1) is 4.91 Å². The van der Waals surface area contributed by atoms with Crippen LogP contribution in [0, 0.1) is 11.8 Å². The Kier molecular flexibility index (Phi) is 4.61. The number of pyridine rings is 1. The molecule has 0 aromatic carbocycles. The third-order valence-electron chi connectivity index (χ3n) is 3.01. The van der Waals surface area contributed by atoms with E-state index in [0.717, 1.165) is 25.1 Å². The molecule has 0 bridgehead atoms. The molecule has 2 rings (SSSR count). The third-order valence-corrected chi connectivity index (χ3v) is 3.01. The van der Waals surface area contributed by atoms with Crippen LogP contribution in [0.3, 0.4) is 0 Å². The average molecular weight is 256 g/mol. The van der Waals surface area contributed by atoms with Gasteiger partial charge in [-0.3, -0.25) is 0 Å². The number of aryl methyl sites for hydroxylation is 2. The van der Waals surface area contributed by atoms with Crippen molar-refractivity contribution in [1.29, 1.82) is 0 Å². The average Bonchev–Trinajstić information content (AvgIpc) is 2.43. The highest BCUT2D eigenvalue weighted by Gasteiger charge is 2.03. The molecule has 98 valence electrons. The van der Waals surface area contributed by atoms with E-state index in [1.807, 2.05) is 24.6 Å². The van der Waals surface area contributed by atoms with Crippen molar-refractivity contribution in [3.8, 4) is 0 Å². The van der Waals surface area contributed by atoms with Crippen LogP contribution >= 0.6 is 0 Å². The van der Waals surface area contributed by atoms with Crippen LogP contribution in [-0.2, 0) is 6.54 Å². The molecule has 0 spiro atoms. The Labute approximate surface area is 113 Å². The second-order valence-corrected chi connectivity index (χ2v) is 4.57. The molecule has 0 aliphatic carbocycles. The van der Waals surface area contributed by atoms with Crippen molar-refractivity contribution in [3.05, 3.63) is 71.3 Å². The van der Waals surface area contributed by atoms with E-state index >= 15 is 0 Å². The summed E-state index contributed by atoms with van der Waals surface area (Å²) in [5.41, 5.74) is 2.11. The highest BCUT2D eigenvalue weighted by Crippen LogP contribution is 2.09. The lowest BCUT2D eigenvalue weighted by Crippen LogP contribution is -2.34. The first-order valence-corrected chi connectivity index (χ1v) is 6.38. The second kappa shape index (κ2) is 6.64. The van der Waals surface area contributed by atoms with Crippen molar-refractivity contribution in [1.82, 2.24) is 4.90 Å². The van der Waals surface area contributed by atoms with Crippen LogP contribution in [-0.4, -0.2) is 11.4 Å². The van der Waals surface area contributed by atoms with E-state index in [1.54, 1.807) is 0 Å². The summed E-state index contributed by atoms with van der Waals surface area (Å²) in [6.07, 6.45) is 14.3. The number of allylic oxidation sites excluding steroid dienone is 3. The minimum absolute atomic E-state index is 0.833. The van der Waals surface area contributed by atoms with Gasteiger partial charge in [-0.05, 0) is 35.4 Å². The van der Waals surface area contributed by atoms with Crippen LogP contribution in [0.5, 0.6) is 0 Å². The first-order valence-electron chi connectivity index (χ1n) is 6.38. The van der Waals surface area contributed by atoms with E-state index in [1.165, 1.54) is 11.8 Å². The summed E-state index contributed by atoms with van der Waals surface area (Å²) in [6.45, 7) is 4.04. The Bertz CT molecular complexity index is 499. The normalized spacial score (nSPS) is 13.7.